The van der Waals surface area contributed by atoms with E-state index in [1.165, 1.54) is 43.5 Å². The van der Waals surface area contributed by atoms with Crippen molar-refractivity contribution in [2.24, 2.45) is 0 Å². The van der Waals surface area contributed by atoms with Gasteiger partial charge in [-0.05, 0) is 100 Å². The number of nitrogens with zero attached hydrogens (tertiary/aromatic N) is 3. The molecule has 0 unspecified atom stereocenters. The Kier molecular flexibility index (Phi) is 5.44. The second kappa shape index (κ2) is 8.12. The molecular weight excluding hydrogens is 324 g/mol. The summed E-state index contributed by atoms with van der Waals surface area (Å²) in [7, 11) is 0. The maximum Gasteiger partial charge on any atom is 0.267 e. The van der Waals surface area contributed by atoms with Gasteiger partial charge in [-0.2, -0.15) is 5.10 Å². The zero-order valence-corrected chi connectivity index (χ0v) is 15.4. The van der Waals surface area contributed by atoms with Gasteiger partial charge in [0.1, 0.15) is 0 Å². The van der Waals surface area contributed by atoms with E-state index in [0.29, 0.717) is 5.92 Å². The molecule has 1 N–H and O–H groups in total. The predicted molar refractivity (Wildman–Crippen MR) is 102 cm³/mol. The Balaban J connectivity index is 1.28. The van der Waals surface area contributed by atoms with Gasteiger partial charge in [0.05, 0.1) is 5.69 Å². The number of aromatic amines is 1. The third kappa shape index (κ3) is 3.88. The third-order valence-corrected chi connectivity index (χ3v) is 6.04. The number of aromatic nitrogens is 3. The average Bonchev–Trinajstić information content (AvgIpc) is 2.71. The first-order chi connectivity index (χ1) is 12.8. The van der Waals surface area contributed by atoms with Crippen molar-refractivity contribution >= 4 is 0 Å². The van der Waals surface area contributed by atoms with Gasteiger partial charge in [0.15, 0.2) is 0 Å². The van der Waals surface area contributed by atoms with E-state index in [2.05, 4.69) is 32.2 Å². The molecule has 138 valence electrons. The van der Waals surface area contributed by atoms with Crippen molar-refractivity contribution in [2.75, 3.05) is 19.6 Å². The molecule has 1 saturated heterocycles. The van der Waals surface area contributed by atoms with Gasteiger partial charge in [0, 0.05) is 18.0 Å². The highest BCUT2D eigenvalue weighted by atomic mass is 16.1. The van der Waals surface area contributed by atoms with Crippen LogP contribution in [0.15, 0.2) is 29.3 Å². The molecule has 0 radical (unpaired) electrons. The largest absolute Gasteiger partial charge is 0.303 e. The van der Waals surface area contributed by atoms with Crippen molar-refractivity contribution in [3.8, 4) is 0 Å². The van der Waals surface area contributed by atoms with Crippen LogP contribution in [0.2, 0.25) is 0 Å². The zero-order chi connectivity index (χ0) is 17.8. The highest BCUT2D eigenvalue weighted by molar-refractivity contribution is 5.30. The van der Waals surface area contributed by atoms with E-state index in [1.807, 2.05) is 12.4 Å². The normalized spacial score (nSPS) is 18.6. The first-order valence-corrected chi connectivity index (χ1v) is 10.0. The molecule has 2 aliphatic rings. The standard InChI is InChI=1S/C21H28N4O/c26-21-19-5-2-1-4-18(19)20(23-24-21)6-3-13-25-14-9-17(10-15-25)16-7-11-22-12-8-16/h7-8,11-12,17H,1-6,9-10,13-15H2,(H,24,26). The van der Waals surface area contributed by atoms with Gasteiger partial charge >= 0.3 is 0 Å². The van der Waals surface area contributed by atoms with Crippen molar-refractivity contribution in [1.29, 1.82) is 0 Å². The lowest BCUT2D eigenvalue weighted by atomic mass is 9.89. The van der Waals surface area contributed by atoms with Crippen LogP contribution in [0.5, 0.6) is 0 Å². The number of hydrogen-bond donors (Lipinski definition) is 1. The Bertz CT molecular complexity index is 778. The van der Waals surface area contributed by atoms with Crippen molar-refractivity contribution in [3.05, 3.63) is 57.3 Å². The molecule has 0 bridgehead atoms. The van der Waals surface area contributed by atoms with Gasteiger partial charge in [-0.1, -0.05) is 0 Å². The summed E-state index contributed by atoms with van der Waals surface area (Å²) in [4.78, 5) is 18.7. The van der Waals surface area contributed by atoms with Crippen LogP contribution in [-0.4, -0.2) is 39.7 Å². The van der Waals surface area contributed by atoms with Crippen LogP contribution >= 0.6 is 0 Å². The highest BCUT2D eigenvalue weighted by Gasteiger charge is 2.21. The SMILES string of the molecule is O=c1[nH]nc(CCCN2CCC(c3ccncc3)CC2)c2c1CCCC2. The molecule has 5 nitrogen and oxygen atoms in total. The smallest absolute Gasteiger partial charge is 0.267 e. The Labute approximate surface area is 154 Å². The van der Waals surface area contributed by atoms with Gasteiger partial charge in [-0.3, -0.25) is 9.78 Å². The molecule has 5 heteroatoms. The topological polar surface area (TPSA) is 61.9 Å². The minimum atomic E-state index is 0.0293. The predicted octanol–water partition coefficient (Wildman–Crippen LogP) is 2.86. The molecule has 1 aliphatic carbocycles. The molecule has 26 heavy (non-hydrogen) atoms. The Morgan fingerprint density at radius 1 is 1.08 bits per heavy atom. The van der Waals surface area contributed by atoms with Gasteiger partial charge < -0.3 is 4.90 Å². The summed E-state index contributed by atoms with van der Waals surface area (Å²) in [5, 5.41) is 7.08. The fourth-order valence-electron chi connectivity index (χ4n) is 4.53. The number of hydrogen-bond acceptors (Lipinski definition) is 4. The van der Waals surface area contributed by atoms with E-state index in [1.54, 1.807) is 0 Å². The van der Waals surface area contributed by atoms with Crippen LogP contribution in [0, 0.1) is 0 Å². The second-order valence-corrected chi connectivity index (χ2v) is 7.66. The van der Waals surface area contributed by atoms with Crippen LogP contribution in [0.3, 0.4) is 0 Å². The van der Waals surface area contributed by atoms with Crippen molar-refractivity contribution in [1.82, 2.24) is 20.1 Å². The molecule has 0 saturated carbocycles. The first kappa shape index (κ1) is 17.4. The third-order valence-electron chi connectivity index (χ3n) is 6.04. The van der Waals surface area contributed by atoms with Gasteiger partial charge in [0.25, 0.3) is 5.56 Å². The van der Waals surface area contributed by atoms with E-state index in [0.717, 1.165) is 49.9 Å². The lowest BCUT2D eigenvalue weighted by Gasteiger charge is -2.32. The Morgan fingerprint density at radius 3 is 2.58 bits per heavy atom. The number of H-pyrrole nitrogens is 1. The molecule has 0 amide bonds. The number of piperidine rings is 1. The Hall–Kier alpha value is -2.01. The van der Waals surface area contributed by atoms with Crippen LogP contribution in [0.1, 0.15) is 60.4 Å². The summed E-state index contributed by atoms with van der Waals surface area (Å²) >= 11 is 0. The summed E-state index contributed by atoms with van der Waals surface area (Å²) in [5.74, 6) is 0.683. The van der Waals surface area contributed by atoms with Crippen molar-refractivity contribution in [2.45, 2.75) is 57.3 Å². The van der Waals surface area contributed by atoms with Crippen molar-refractivity contribution < 1.29 is 0 Å². The van der Waals surface area contributed by atoms with E-state index < -0.39 is 0 Å². The fraction of sp³-hybridized carbons (Fsp3) is 0.571. The Morgan fingerprint density at radius 2 is 1.81 bits per heavy atom. The zero-order valence-electron chi connectivity index (χ0n) is 15.4. The van der Waals surface area contributed by atoms with Gasteiger partial charge in [-0.25, -0.2) is 5.10 Å². The summed E-state index contributed by atoms with van der Waals surface area (Å²) in [6.45, 7) is 3.47. The van der Waals surface area contributed by atoms with Crippen LogP contribution in [-0.2, 0) is 19.3 Å². The molecule has 1 fully saturated rings. The number of aryl methyl sites for hydroxylation is 1. The molecule has 0 spiro atoms. The van der Waals surface area contributed by atoms with E-state index >= 15 is 0 Å². The van der Waals surface area contributed by atoms with Gasteiger partial charge in [0.2, 0.25) is 0 Å². The highest BCUT2D eigenvalue weighted by Crippen LogP contribution is 2.27. The summed E-state index contributed by atoms with van der Waals surface area (Å²) in [6, 6.07) is 4.32. The minimum absolute atomic E-state index is 0.0293. The van der Waals surface area contributed by atoms with Crippen LogP contribution < -0.4 is 5.56 Å². The lowest BCUT2D eigenvalue weighted by Crippen LogP contribution is -2.34. The molecule has 0 atom stereocenters. The van der Waals surface area contributed by atoms with E-state index in [9.17, 15) is 4.79 Å². The maximum absolute atomic E-state index is 12.0. The number of pyridine rings is 1. The number of fused-ring (bicyclic) bond motifs is 1. The van der Waals surface area contributed by atoms with Crippen LogP contribution in [0.25, 0.3) is 0 Å². The fourth-order valence-corrected chi connectivity index (χ4v) is 4.53. The summed E-state index contributed by atoms with van der Waals surface area (Å²) in [6.07, 6.45) is 12.6. The number of rotatable bonds is 5. The van der Waals surface area contributed by atoms with Gasteiger partial charge in [-0.15, -0.1) is 0 Å². The number of likely N-dealkylation sites (tertiary alicyclic amines) is 1. The molecule has 2 aromatic rings. The quantitative estimate of drug-likeness (QED) is 0.899. The van der Waals surface area contributed by atoms with E-state index in [-0.39, 0.29) is 5.56 Å². The second-order valence-electron chi connectivity index (χ2n) is 7.66. The molecule has 1 aliphatic heterocycles. The van der Waals surface area contributed by atoms with E-state index in [4.69, 9.17) is 0 Å². The maximum atomic E-state index is 12.0. The number of nitrogens with one attached hydrogen (secondary N) is 1. The summed E-state index contributed by atoms with van der Waals surface area (Å²) < 4.78 is 0. The first-order valence-electron chi connectivity index (χ1n) is 10.0. The minimum Gasteiger partial charge on any atom is -0.303 e. The molecule has 3 heterocycles. The molecule has 4 rings (SSSR count). The van der Waals surface area contributed by atoms with Crippen LogP contribution in [0.4, 0.5) is 0 Å². The average molecular weight is 352 g/mol. The molecular formula is C21H28N4O. The molecule has 2 aromatic heterocycles. The van der Waals surface area contributed by atoms with Crippen molar-refractivity contribution in [3.63, 3.8) is 0 Å². The molecule has 0 aromatic carbocycles. The monoisotopic (exact) mass is 352 g/mol. The summed E-state index contributed by atoms with van der Waals surface area (Å²) in [5.41, 5.74) is 4.84. The lowest BCUT2D eigenvalue weighted by molar-refractivity contribution is 0.210.